The quantitative estimate of drug-likeness (QED) is 0.729. The molecule has 0 aliphatic carbocycles. The summed E-state index contributed by atoms with van der Waals surface area (Å²) >= 11 is 14.9. The smallest absolute Gasteiger partial charge is 0.243 e. The van der Waals surface area contributed by atoms with Crippen LogP contribution in [0.1, 0.15) is 6.92 Å². The Labute approximate surface area is 137 Å². The van der Waals surface area contributed by atoms with Crippen LogP contribution in [-0.2, 0) is 14.8 Å². The highest BCUT2D eigenvalue weighted by Gasteiger charge is 2.33. The maximum atomic E-state index is 12.6. The van der Waals surface area contributed by atoms with Gasteiger partial charge in [0.2, 0.25) is 10.0 Å². The minimum absolute atomic E-state index is 0.182. The molecule has 0 spiro atoms. The summed E-state index contributed by atoms with van der Waals surface area (Å²) in [7, 11) is -3.57. The average molecular weight is 403 g/mol. The number of halogens is 3. The van der Waals surface area contributed by atoms with Crippen LogP contribution < -0.4 is 0 Å². The molecule has 0 radical (unpaired) electrons. The van der Waals surface area contributed by atoms with Crippen molar-refractivity contribution >= 4 is 49.2 Å². The van der Waals surface area contributed by atoms with Crippen LogP contribution in [0.2, 0.25) is 5.02 Å². The lowest BCUT2D eigenvalue weighted by atomic mass is 10.3. The second kappa shape index (κ2) is 6.50. The molecule has 0 N–H and O–H groups in total. The van der Waals surface area contributed by atoms with Gasteiger partial charge in [-0.15, -0.1) is 11.6 Å². The Bertz CT molecular complexity index is 596. The van der Waals surface area contributed by atoms with Gasteiger partial charge in [-0.3, -0.25) is 0 Å². The molecule has 1 heterocycles. The highest BCUT2D eigenvalue weighted by Crippen LogP contribution is 2.28. The van der Waals surface area contributed by atoms with Crippen molar-refractivity contribution in [2.24, 2.45) is 0 Å². The maximum absolute atomic E-state index is 12.6. The van der Waals surface area contributed by atoms with Crippen LogP contribution in [0.5, 0.6) is 0 Å². The lowest BCUT2D eigenvalue weighted by Crippen LogP contribution is -2.49. The summed E-state index contributed by atoms with van der Waals surface area (Å²) < 4.78 is 32.8. The van der Waals surface area contributed by atoms with Crippen molar-refractivity contribution in [1.82, 2.24) is 4.31 Å². The number of benzene rings is 1. The molecule has 112 valence electrons. The molecule has 4 nitrogen and oxygen atoms in total. The van der Waals surface area contributed by atoms with E-state index in [0.717, 1.165) is 0 Å². The predicted octanol–water partition coefficient (Wildman–Crippen LogP) is 3.12. The van der Waals surface area contributed by atoms with Gasteiger partial charge in [-0.1, -0.05) is 11.6 Å². The Balaban J connectivity index is 2.31. The van der Waals surface area contributed by atoms with E-state index >= 15 is 0 Å². The Morgan fingerprint density at radius 1 is 1.45 bits per heavy atom. The highest BCUT2D eigenvalue weighted by molar-refractivity contribution is 9.10. The predicted molar refractivity (Wildman–Crippen MR) is 83.0 cm³/mol. The van der Waals surface area contributed by atoms with Crippen LogP contribution in [0.25, 0.3) is 0 Å². The van der Waals surface area contributed by atoms with Crippen molar-refractivity contribution in [1.29, 1.82) is 0 Å². The lowest BCUT2D eigenvalue weighted by Gasteiger charge is -2.35. The molecule has 1 aromatic rings. The molecule has 2 unspecified atom stereocenters. The number of ether oxygens (including phenoxy) is 1. The molecule has 1 aliphatic heterocycles. The first kappa shape index (κ1) is 16.5. The fraction of sp³-hybridized carbons (Fsp3) is 0.500. The maximum Gasteiger partial charge on any atom is 0.243 e. The van der Waals surface area contributed by atoms with Crippen molar-refractivity contribution in [3.63, 3.8) is 0 Å². The average Bonchev–Trinajstić information content (AvgIpc) is 2.41. The number of hydrogen-bond donors (Lipinski definition) is 0. The number of sulfonamides is 1. The summed E-state index contributed by atoms with van der Waals surface area (Å²) in [6.07, 6.45) is -0.469. The van der Waals surface area contributed by atoms with E-state index in [9.17, 15) is 8.42 Å². The molecular weight excluding hydrogens is 389 g/mol. The molecule has 1 aromatic carbocycles. The van der Waals surface area contributed by atoms with E-state index in [-0.39, 0.29) is 29.5 Å². The Morgan fingerprint density at radius 2 is 2.15 bits per heavy atom. The summed E-state index contributed by atoms with van der Waals surface area (Å²) in [6, 6.07) is 4.56. The van der Waals surface area contributed by atoms with Crippen LogP contribution in [0.15, 0.2) is 27.6 Å². The summed E-state index contributed by atoms with van der Waals surface area (Å²) in [5, 5.41) is 0.470. The third-order valence-corrected chi connectivity index (χ3v) is 6.38. The summed E-state index contributed by atoms with van der Waals surface area (Å²) in [6.45, 7) is 2.41. The van der Waals surface area contributed by atoms with E-state index in [0.29, 0.717) is 16.0 Å². The molecule has 1 fully saturated rings. The van der Waals surface area contributed by atoms with Gasteiger partial charge in [0.15, 0.2) is 0 Å². The molecule has 8 heteroatoms. The van der Waals surface area contributed by atoms with E-state index in [4.69, 9.17) is 27.9 Å². The van der Waals surface area contributed by atoms with E-state index in [2.05, 4.69) is 15.9 Å². The SMILES string of the molecule is CC1CN(S(=O)(=O)c2ccc(Cl)c(Br)c2)CC(CCl)O1. The molecular formula is C12H14BrCl2NO3S. The number of nitrogens with zero attached hydrogens (tertiary/aromatic N) is 1. The Hall–Kier alpha value is 0.150. The van der Waals surface area contributed by atoms with Gasteiger partial charge in [0, 0.05) is 23.4 Å². The standard InChI is InChI=1S/C12H14BrCl2NO3S/c1-8-6-16(7-9(5-14)19-8)20(17,18)10-2-3-12(15)11(13)4-10/h2-4,8-9H,5-7H2,1H3. The second-order valence-electron chi connectivity index (χ2n) is 4.62. The number of morpholine rings is 1. The number of hydrogen-bond acceptors (Lipinski definition) is 3. The monoisotopic (exact) mass is 401 g/mol. The first-order valence-corrected chi connectivity index (χ1v) is 9.15. The van der Waals surface area contributed by atoms with Gasteiger partial charge < -0.3 is 4.74 Å². The van der Waals surface area contributed by atoms with Crippen LogP contribution in [0.3, 0.4) is 0 Å². The van der Waals surface area contributed by atoms with E-state index < -0.39 is 10.0 Å². The fourth-order valence-electron chi connectivity index (χ4n) is 2.07. The van der Waals surface area contributed by atoms with Gasteiger partial charge in [-0.05, 0) is 41.1 Å². The van der Waals surface area contributed by atoms with E-state index in [1.54, 1.807) is 6.07 Å². The van der Waals surface area contributed by atoms with E-state index in [1.807, 2.05) is 6.92 Å². The third-order valence-electron chi connectivity index (χ3n) is 2.99. The van der Waals surface area contributed by atoms with Crippen LogP contribution in [0.4, 0.5) is 0 Å². The molecule has 20 heavy (non-hydrogen) atoms. The first-order chi connectivity index (χ1) is 9.34. The summed E-state index contributed by atoms with van der Waals surface area (Å²) in [4.78, 5) is 0.205. The zero-order valence-corrected chi connectivity index (χ0v) is 14.6. The minimum Gasteiger partial charge on any atom is -0.371 e. The molecule has 0 amide bonds. The zero-order chi connectivity index (χ0) is 14.9. The molecule has 1 aliphatic rings. The van der Waals surface area contributed by atoms with Crippen LogP contribution in [0, 0.1) is 0 Å². The number of alkyl halides is 1. The van der Waals surface area contributed by atoms with Crippen molar-refractivity contribution in [3.05, 3.63) is 27.7 Å². The summed E-state index contributed by atoms with van der Waals surface area (Å²) in [5.74, 6) is 0.265. The lowest BCUT2D eigenvalue weighted by molar-refractivity contribution is -0.0423. The van der Waals surface area contributed by atoms with Crippen molar-refractivity contribution < 1.29 is 13.2 Å². The van der Waals surface area contributed by atoms with Gasteiger partial charge in [0.05, 0.1) is 22.1 Å². The normalized spacial score (nSPS) is 24.8. The molecule has 0 bridgehead atoms. The molecule has 0 aromatic heterocycles. The first-order valence-electron chi connectivity index (χ1n) is 6.01. The van der Waals surface area contributed by atoms with Gasteiger partial charge in [0.25, 0.3) is 0 Å². The van der Waals surface area contributed by atoms with Gasteiger partial charge in [0.1, 0.15) is 0 Å². The fourth-order valence-corrected chi connectivity index (χ4v) is 4.46. The minimum atomic E-state index is -3.57. The van der Waals surface area contributed by atoms with Crippen molar-refractivity contribution in [3.8, 4) is 0 Å². The molecule has 0 saturated carbocycles. The van der Waals surface area contributed by atoms with E-state index in [1.165, 1.54) is 16.4 Å². The molecule has 2 atom stereocenters. The van der Waals surface area contributed by atoms with Crippen molar-refractivity contribution in [2.45, 2.75) is 24.0 Å². The Morgan fingerprint density at radius 3 is 2.75 bits per heavy atom. The van der Waals surface area contributed by atoms with Crippen molar-refractivity contribution in [2.75, 3.05) is 19.0 Å². The third kappa shape index (κ3) is 3.48. The second-order valence-corrected chi connectivity index (χ2v) is 8.13. The highest BCUT2D eigenvalue weighted by atomic mass is 79.9. The molecule has 2 rings (SSSR count). The Kier molecular flexibility index (Phi) is 5.37. The number of rotatable bonds is 3. The van der Waals surface area contributed by atoms with Gasteiger partial charge in [-0.2, -0.15) is 4.31 Å². The molecule has 1 saturated heterocycles. The van der Waals surface area contributed by atoms with Gasteiger partial charge >= 0.3 is 0 Å². The zero-order valence-electron chi connectivity index (χ0n) is 10.7. The van der Waals surface area contributed by atoms with Crippen LogP contribution >= 0.6 is 39.1 Å². The largest absolute Gasteiger partial charge is 0.371 e. The topological polar surface area (TPSA) is 46.6 Å². The van der Waals surface area contributed by atoms with Crippen LogP contribution in [-0.4, -0.2) is 43.9 Å². The van der Waals surface area contributed by atoms with Gasteiger partial charge in [-0.25, -0.2) is 8.42 Å². The summed E-state index contributed by atoms with van der Waals surface area (Å²) in [5.41, 5.74) is 0.